The minimum absolute atomic E-state index is 0.696. The Morgan fingerprint density at radius 3 is 2.85 bits per heavy atom. The lowest BCUT2D eigenvalue weighted by atomic mass is 9.92. The normalized spacial score (nSPS) is 24.1. The molecule has 0 aliphatic heterocycles. The van der Waals surface area contributed by atoms with E-state index in [1.165, 1.54) is 44.2 Å². The summed E-state index contributed by atoms with van der Waals surface area (Å²) in [7, 11) is 2.05. The standard InChI is InChI=1S/C17H31N3/c1-4-11-18-17(15-7-6-14(5-2)13-15)9-8-16-10-12-19-20(16)3/h10,12,14-15,17-18H,4-9,11,13H2,1-3H3. The van der Waals surface area contributed by atoms with E-state index in [1.54, 1.807) is 0 Å². The molecule has 0 spiro atoms. The second-order valence-electron chi connectivity index (χ2n) is 6.39. The summed E-state index contributed by atoms with van der Waals surface area (Å²) >= 11 is 0. The van der Waals surface area contributed by atoms with E-state index >= 15 is 0 Å². The monoisotopic (exact) mass is 277 g/mol. The van der Waals surface area contributed by atoms with Crippen LogP contribution in [0, 0.1) is 11.8 Å². The summed E-state index contributed by atoms with van der Waals surface area (Å²) in [6.07, 6.45) is 11.2. The van der Waals surface area contributed by atoms with Crippen LogP contribution in [0.25, 0.3) is 0 Å². The van der Waals surface area contributed by atoms with E-state index in [2.05, 4.69) is 30.3 Å². The molecule has 2 rings (SSSR count). The van der Waals surface area contributed by atoms with Crippen molar-refractivity contribution in [3.63, 3.8) is 0 Å². The highest BCUT2D eigenvalue weighted by molar-refractivity contribution is 5.01. The van der Waals surface area contributed by atoms with Gasteiger partial charge in [-0.2, -0.15) is 5.10 Å². The fourth-order valence-corrected chi connectivity index (χ4v) is 3.63. The predicted molar refractivity (Wildman–Crippen MR) is 84.7 cm³/mol. The zero-order chi connectivity index (χ0) is 14.4. The third kappa shape index (κ3) is 4.08. The molecule has 1 saturated carbocycles. The summed E-state index contributed by atoms with van der Waals surface area (Å²) < 4.78 is 2.01. The van der Waals surface area contributed by atoms with E-state index in [-0.39, 0.29) is 0 Å². The largest absolute Gasteiger partial charge is 0.314 e. The molecular formula is C17H31N3. The Labute approximate surface area is 124 Å². The highest BCUT2D eigenvalue weighted by Gasteiger charge is 2.29. The highest BCUT2D eigenvalue weighted by Crippen LogP contribution is 2.36. The molecule has 1 fully saturated rings. The van der Waals surface area contributed by atoms with E-state index in [9.17, 15) is 0 Å². The molecule has 1 heterocycles. The molecule has 1 N–H and O–H groups in total. The van der Waals surface area contributed by atoms with Crippen LogP contribution in [-0.2, 0) is 13.5 Å². The second-order valence-corrected chi connectivity index (χ2v) is 6.39. The molecule has 20 heavy (non-hydrogen) atoms. The van der Waals surface area contributed by atoms with Crippen molar-refractivity contribution in [2.24, 2.45) is 18.9 Å². The molecule has 0 aromatic carbocycles. The molecule has 0 saturated heterocycles. The maximum absolute atomic E-state index is 4.28. The van der Waals surface area contributed by atoms with Gasteiger partial charge in [0, 0.05) is 25.0 Å². The maximum atomic E-state index is 4.28. The Morgan fingerprint density at radius 1 is 1.40 bits per heavy atom. The molecule has 0 amide bonds. The number of nitrogens with one attached hydrogen (secondary N) is 1. The molecule has 1 aromatic heterocycles. The van der Waals surface area contributed by atoms with Crippen LogP contribution < -0.4 is 5.32 Å². The van der Waals surface area contributed by atoms with E-state index < -0.39 is 0 Å². The van der Waals surface area contributed by atoms with Crippen molar-refractivity contribution < 1.29 is 0 Å². The fourth-order valence-electron chi connectivity index (χ4n) is 3.63. The highest BCUT2D eigenvalue weighted by atomic mass is 15.2. The number of hydrogen-bond donors (Lipinski definition) is 1. The Bertz CT molecular complexity index is 385. The van der Waals surface area contributed by atoms with Gasteiger partial charge in [0.05, 0.1) is 0 Å². The summed E-state index contributed by atoms with van der Waals surface area (Å²) in [5.41, 5.74) is 1.36. The summed E-state index contributed by atoms with van der Waals surface area (Å²) in [6, 6.07) is 2.85. The van der Waals surface area contributed by atoms with Gasteiger partial charge in [0.25, 0.3) is 0 Å². The van der Waals surface area contributed by atoms with Gasteiger partial charge in [0.2, 0.25) is 0 Å². The van der Waals surface area contributed by atoms with Gasteiger partial charge in [0.15, 0.2) is 0 Å². The van der Waals surface area contributed by atoms with Crippen LogP contribution in [0.15, 0.2) is 12.3 Å². The van der Waals surface area contributed by atoms with Gasteiger partial charge < -0.3 is 5.32 Å². The molecule has 1 aliphatic rings. The molecule has 3 heteroatoms. The molecule has 1 aliphatic carbocycles. The first kappa shape index (κ1) is 15.6. The average Bonchev–Trinajstić information content (AvgIpc) is 3.08. The summed E-state index contributed by atoms with van der Waals surface area (Å²) in [6.45, 7) is 5.76. The molecule has 1 aromatic rings. The first-order valence-corrected chi connectivity index (χ1v) is 8.44. The lowest BCUT2D eigenvalue weighted by Crippen LogP contribution is -2.36. The van der Waals surface area contributed by atoms with Crippen LogP contribution in [0.4, 0.5) is 0 Å². The first-order valence-electron chi connectivity index (χ1n) is 8.44. The average molecular weight is 277 g/mol. The zero-order valence-electron chi connectivity index (χ0n) is 13.4. The number of nitrogens with zero attached hydrogens (tertiary/aromatic N) is 2. The maximum Gasteiger partial charge on any atom is 0.0492 e. The topological polar surface area (TPSA) is 29.9 Å². The van der Waals surface area contributed by atoms with Crippen molar-refractivity contribution in [1.82, 2.24) is 15.1 Å². The van der Waals surface area contributed by atoms with Crippen molar-refractivity contribution in [1.29, 1.82) is 0 Å². The van der Waals surface area contributed by atoms with Crippen molar-refractivity contribution in [2.75, 3.05) is 6.54 Å². The first-order chi connectivity index (χ1) is 9.74. The van der Waals surface area contributed by atoms with E-state index in [4.69, 9.17) is 0 Å². The summed E-state index contributed by atoms with van der Waals surface area (Å²) in [5, 5.41) is 8.08. The lowest BCUT2D eigenvalue weighted by Gasteiger charge is -2.25. The Balaban J connectivity index is 1.88. The van der Waals surface area contributed by atoms with Crippen molar-refractivity contribution in [3.8, 4) is 0 Å². The smallest absolute Gasteiger partial charge is 0.0492 e. The van der Waals surface area contributed by atoms with Gasteiger partial charge in [0.1, 0.15) is 0 Å². The number of aryl methyl sites for hydroxylation is 2. The third-order valence-corrected chi connectivity index (χ3v) is 5.02. The van der Waals surface area contributed by atoms with Gasteiger partial charge in [-0.3, -0.25) is 4.68 Å². The van der Waals surface area contributed by atoms with Crippen LogP contribution in [0.5, 0.6) is 0 Å². The van der Waals surface area contributed by atoms with Crippen LogP contribution >= 0.6 is 0 Å². The van der Waals surface area contributed by atoms with Gasteiger partial charge in [-0.15, -0.1) is 0 Å². The number of rotatable bonds is 8. The zero-order valence-corrected chi connectivity index (χ0v) is 13.4. The van der Waals surface area contributed by atoms with Gasteiger partial charge in [-0.1, -0.05) is 26.7 Å². The van der Waals surface area contributed by atoms with E-state index in [0.29, 0.717) is 6.04 Å². The van der Waals surface area contributed by atoms with E-state index in [1.807, 2.05) is 17.9 Å². The van der Waals surface area contributed by atoms with Crippen molar-refractivity contribution in [2.45, 2.75) is 64.8 Å². The van der Waals surface area contributed by atoms with Gasteiger partial charge in [-0.05, 0) is 56.6 Å². The summed E-state index contributed by atoms with van der Waals surface area (Å²) in [5.74, 6) is 1.86. The number of aromatic nitrogens is 2. The molecule has 3 unspecified atom stereocenters. The van der Waals surface area contributed by atoms with Gasteiger partial charge in [-0.25, -0.2) is 0 Å². The van der Waals surface area contributed by atoms with Gasteiger partial charge >= 0.3 is 0 Å². The van der Waals surface area contributed by atoms with Crippen LogP contribution in [0.2, 0.25) is 0 Å². The van der Waals surface area contributed by atoms with Crippen molar-refractivity contribution in [3.05, 3.63) is 18.0 Å². The molecule has 3 atom stereocenters. The van der Waals surface area contributed by atoms with Crippen LogP contribution in [0.1, 0.15) is 58.1 Å². The Hall–Kier alpha value is -0.830. The minimum Gasteiger partial charge on any atom is -0.314 e. The fraction of sp³-hybridized carbons (Fsp3) is 0.824. The SMILES string of the molecule is CCCNC(CCc1ccnn1C)C1CCC(CC)C1. The second kappa shape index (κ2) is 7.82. The molecule has 0 radical (unpaired) electrons. The molecule has 114 valence electrons. The Morgan fingerprint density at radius 2 is 2.25 bits per heavy atom. The molecular weight excluding hydrogens is 246 g/mol. The third-order valence-electron chi connectivity index (χ3n) is 5.02. The number of hydrogen-bond acceptors (Lipinski definition) is 2. The summed E-state index contributed by atoms with van der Waals surface area (Å²) in [4.78, 5) is 0. The van der Waals surface area contributed by atoms with Crippen LogP contribution in [-0.4, -0.2) is 22.4 Å². The lowest BCUT2D eigenvalue weighted by molar-refractivity contribution is 0.328. The quantitative estimate of drug-likeness (QED) is 0.787. The van der Waals surface area contributed by atoms with E-state index in [0.717, 1.165) is 24.8 Å². The minimum atomic E-state index is 0.696. The molecule has 0 bridgehead atoms. The van der Waals surface area contributed by atoms with Crippen molar-refractivity contribution >= 4 is 0 Å². The van der Waals surface area contributed by atoms with Crippen LogP contribution in [0.3, 0.4) is 0 Å². The Kier molecular flexibility index (Phi) is 6.08. The predicted octanol–water partition coefficient (Wildman–Crippen LogP) is 3.55. The molecule has 3 nitrogen and oxygen atoms in total.